The highest BCUT2D eigenvalue weighted by atomic mass is 16.2. The van der Waals surface area contributed by atoms with Gasteiger partial charge in [-0.05, 0) is 42.8 Å². The highest BCUT2D eigenvalue weighted by Gasteiger charge is 2.16. The number of allylic oxidation sites excluding steroid dienone is 2. The number of nitrogens with one attached hydrogen (secondary N) is 2. The van der Waals surface area contributed by atoms with Gasteiger partial charge in [-0.25, -0.2) is 4.79 Å². The van der Waals surface area contributed by atoms with E-state index < -0.39 is 6.03 Å². The molecule has 0 bridgehead atoms. The van der Waals surface area contributed by atoms with Crippen molar-refractivity contribution in [2.45, 2.75) is 6.92 Å². The number of amides is 2. The predicted molar refractivity (Wildman–Crippen MR) is 81.1 cm³/mol. The van der Waals surface area contributed by atoms with Crippen LogP contribution >= 0.6 is 0 Å². The number of urea groups is 1. The van der Waals surface area contributed by atoms with Gasteiger partial charge in [0.05, 0.1) is 5.69 Å². The summed E-state index contributed by atoms with van der Waals surface area (Å²) in [6.07, 6.45) is 3.73. The van der Waals surface area contributed by atoms with Crippen LogP contribution in [0.1, 0.15) is 18.2 Å². The fourth-order valence-electron chi connectivity index (χ4n) is 2.30. The van der Waals surface area contributed by atoms with Gasteiger partial charge >= 0.3 is 6.03 Å². The minimum absolute atomic E-state index is 0.574. The van der Waals surface area contributed by atoms with E-state index in [-0.39, 0.29) is 0 Å². The molecule has 20 heavy (non-hydrogen) atoms. The summed E-state index contributed by atoms with van der Waals surface area (Å²) >= 11 is 0. The van der Waals surface area contributed by atoms with E-state index in [1.54, 1.807) is 6.07 Å². The number of carbonyl (C=O) groups is 1. The number of carbonyl (C=O) groups excluding carboxylic acids is 1. The standard InChI is InChI=1S/C15H14N4O/c1-9(13-3-2-6-17-13)12-8-18-14-5-4-10(7-11(12)14)19-15(16)20/h2-8,17H,1H3,(H3,16,19,20). The molecule has 100 valence electrons. The molecule has 0 saturated carbocycles. The SMILES string of the molecule is CC(=C1C=Nc2ccc(NC(N)=O)cc21)c1ccc[nH]1. The first-order valence-electron chi connectivity index (χ1n) is 6.25. The van der Waals surface area contributed by atoms with Gasteiger partial charge in [0.1, 0.15) is 0 Å². The summed E-state index contributed by atoms with van der Waals surface area (Å²) in [6.45, 7) is 2.04. The van der Waals surface area contributed by atoms with E-state index in [0.29, 0.717) is 5.69 Å². The summed E-state index contributed by atoms with van der Waals surface area (Å²) < 4.78 is 0. The maximum absolute atomic E-state index is 10.9. The number of benzene rings is 1. The molecule has 5 heteroatoms. The van der Waals surface area contributed by atoms with Crippen LogP contribution < -0.4 is 11.1 Å². The number of aromatic nitrogens is 1. The summed E-state index contributed by atoms with van der Waals surface area (Å²) in [5.74, 6) is 0. The Bertz CT molecular complexity index is 726. The summed E-state index contributed by atoms with van der Waals surface area (Å²) in [5.41, 5.74) is 10.9. The molecular formula is C15H14N4O. The van der Waals surface area contributed by atoms with Crippen molar-refractivity contribution >= 4 is 34.8 Å². The zero-order valence-electron chi connectivity index (χ0n) is 11.0. The molecule has 0 atom stereocenters. The van der Waals surface area contributed by atoms with Gasteiger partial charge in [-0.2, -0.15) is 0 Å². The lowest BCUT2D eigenvalue weighted by molar-refractivity contribution is 0.259. The van der Waals surface area contributed by atoms with Crippen LogP contribution in [0.3, 0.4) is 0 Å². The van der Waals surface area contributed by atoms with Crippen molar-refractivity contribution in [2.24, 2.45) is 10.7 Å². The molecular weight excluding hydrogens is 252 g/mol. The van der Waals surface area contributed by atoms with Gasteiger partial charge in [0.15, 0.2) is 0 Å². The van der Waals surface area contributed by atoms with Crippen molar-refractivity contribution in [1.29, 1.82) is 0 Å². The lowest BCUT2D eigenvalue weighted by Gasteiger charge is -2.07. The molecule has 2 aromatic rings. The average Bonchev–Trinajstić information content (AvgIpc) is 3.06. The lowest BCUT2D eigenvalue weighted by atomic mass is 10.00. The number of aromatic amines is 1. The normalized spacial score (nSPS) is 15.1. The van der Waals surface area contributed by atoms with E-state index >= 15 is 0 Å². The van der Waals surface area contributed by atoms with E-state index in [0.717, 1.165) is 28.1 Å². The molecule has 5 nitrogen and oxygen atoms in total. The number of H-pyrrole nitrogens is 1. The van der Waals surface area contributed by atoms with Gasteiger partial charge < -0.3 is 16.0 Å². The van der Waals surface area contributed by atoms with Gasteiger partial charge in [0, 0.05) is 34.9 Å². The van der Waals surface area contributed by atoms with Crippen molar-refractivity contribution in [3.63, 3.8) is 0 Å². The first-order valence-corrected chi connectivity index (χ1v) is 6.25. The Hall–Kier alpha value is -2.82. The van der Waals surface area contributed by atoms with Gasteiger partial charge in [-0.3, -0.25) is 4.99 Å². The lowest BCUT2D eigenvalue weighted by Crippen LogP contribution is -2.19. The number of nitrogens with two attached hydrogens (primary N) is 1. The zero-order chi connectivity index (χ0) is 14.1. The molecule has 1 aliphatic rings. The van der Waals surface area contributed by atoms with Crippen molar-refractivity contribution < 1.29 is 4.79 Å². The Morgan fingerprint density at radius 1 is 1.35 bits per heavy atom. The third-order valence-electron chi connectivity index (χ3n) is 3.29. The number of nitrogens with zero attached hydrogens (tertiary/aromatic N) is 1. The number of primary amides is 1. The Labute approximate surface area is 116 Å². The van der Waals surface area contributed by atoms with Gasteiger partial charge in [0.25, 0.3) is 0 Å². The third kappa shape index (κ3) is 2.09. The molecule has 4 N–H and O–H groups in total. The Kier molecular flexibility index (Phi) is 2.87. The number of rotatable bonds is 2. The van der Waals surface area contributed by atoms with E-state index in [2.05, 4.69) is 15.3 Å². The van der Waals surface area contributed by atoms with E-state index in [4.69, 9.17) is 5.73 Å². The largest absolute Gasteiger partial charge is 0.361 e. The number of anilines is 1. The predicted octanol–water partition coefficient (Wildman–Crippen LogP) is 3.15. The van der Waals surface area contributed by atoms with Crippen LogP contribution in [0.2, 0.25) is 0 Å². The second kappa shape index (κ2) is 4.70. The quantitative estimate of drug-likeness (QED) is 0.766. The number of fused-ring (bicyclic) bond motifs is 1. The van der Waals surface area contributed by atoms with Gasteiger partial charge in [-0.15, -0.1) is 0 Å². The van der Waals surface area contributed by atoms with Crippen LogP contribution in [0.25, 0.3) is 11.1 Å². The Morgan fingerprint density at radius 2 is 2.20 bits per heavy atom. The molecule has 0 aliphatic carbocycles. The van der Waals surface area contributed by atoms with Crippen LogP contribution in [-0.2, 0) is 0 Å². The van der Waals surface area contributed by atoms with Crippen LogP contribution in [0.15, 0.2) is 41.5 Å². The first-order chi connectivity index (χ1) is 9.65. The summed E-state index contributed by atoms with van der Waals surface area (Å²) in [7, 11) is 0. The molecule has 1 aromatic carbocycles. The highest BCUT2D eigenvalue weighted by molar-refractivity contribution is 6.24. The molecule has 1 aliphatic heterocycles. The molecule has 2 heterocycles. The molecule has 3 rings (SSSR count). The Balaban J connectivity index is 2.06. The van der Waals surface area contributed by atoms with Crippen LogP contribution in [0, 0.1) is 0 Å². The minimum Gasteiger partial charge on any atom is -0.361 e. The summed E-state index contributed by atoms with van der Waals surface area (Å²) in [6, 6.07) is 8.93. The second-order valence-electron chi connectivity index (χ2n) is 4.60. The van der Waals surface area contributed by atoms with E-state index in [1.807, 2.05) is 43.6 Å². The van der Waals surface area contributed by atoms with Gasteiger partial charge in [-0.1, -0.05) is 0 Å². The van der Waals surface area contributed by atoms with Crippen molar-refractivity contribution in [2.75, 3.05) is 5.32 Å². The van der Waals surface area contributed by atoms with E-state index in [1.165, 1.54) is 0 Å². The maximum Gasteiger partial charge on any atom is 0.316 e. The zero-order valence-corrected chi connectivity index (χ0v) is 11.0. The Morgan fingerprint density at radius 3 is 2.90 bits per heavy atom. The molecule has 0 spiro atoms. The van der Waals surface area contributed by atoms with Crippen LogP contribution in [-0.4, -0.2) is 17.2 Å². The summed E-state index contributed by atoms with van der Waals surface area (Å²) in [4.78, 5) is 18.5. The first kappa shape index (κ1) is 12.2. The molecule has 0 unspecified atom stereocenters. The molecule has 2 amide bonds. The summed E-state index contributed by atoms with van der Waals surface area (Å²) in [5, 5.41) is 2.58. The molecule has 1 aromatic heterocycles. The van der Waals surface area contributed by atoms with Crippen molar-refractivity contribution in [3.8, 4) is 0 Å². The topological polar surface area (TPSA) is 83.3 Å². The third-order valence-corrected chi connectivity index (χ3v) is 3.29. The van der Waals surface area contributed by atoms with Crippen molar-refractivity contribution in [3.05, 3.63) is 47.8 Å². The fraction of sp³-hybridized carbons (Fsp3) is 0.0667. The number of hydrogen-bond donors (Lipinski definition) is 3. The number of hydrogen-bond acceptors (Lipinski definition) is 2. The number of aliphatic imine (C=N–C) groups is 1. The molecule has 0 fully saturated rings. The molecule has 0 radical (unpaired) electrons. The highest BCUT2D eigenvalue weighted by Crippen LogP contribution is 2.37. The minimum atomic E-state index is -0.574. The van der Waals surface area contributed by atoms with Crippen molar-refractivity contribution in [1.82, 2.24) is 4.98 Å². The smallest absolute Gasteiger partial charge is 0.316 e. The average molecular weight is 266 g/mol. The second-order valence-corrected chi connectivity index (χ2v) is 4.60. The maximum atomic E-state index is 10.9. The molecule has 0 saturated heterocycles. The van der Waals surface area contributed by atoms with E-state index in [9.17, 15) is 4.79 Å². The van der Waals surface area contributed by atoms with Crippen LogP contribution in [0.4, 0.5) is 16.2 Å². The van der Waals surface area contributed by atoms with Crippen LogP contribution in [0.5, 0.6) is 0 Å². The fourth-order valence-corrected chi connectivity index (χ4v) is 2.30. The monoisotopic (exact) mass is 266 g/mol. The van der Waals surface area contributed by atoms with Gasteiger partial charge in [0.2, 0.25) is 0 Å².